The van der Waals surface area contributed by atoms with Crippen molar-refractivity contribution in [3.8, 4) is 6.01 Å². The quantitative estimate of drug-likeness (QED) is 0.316. The maximum absolute atomic E-state index is 13.5. The summed E-state index contributed by atoms with van der Waals surface area (Å²) in [6, 6.07) is 12.3. The Morgan fingerprint density at radius 1 is 1.00 bits per heavy atom. The van der Waals surface area contributed by atoms with E-state index < -0.39 is 23.0 Å². The van der Waals surface area contributed by atoms with Crippen LogP contribution in [0.1, 0.15) is 22.3 Å². The van der Waals surface area contributed by atoms with Gasteiger partial charge in [0.05, 0.1) is 38.5 Å². The molecule has 2 heterocycles. The molecule has 0 bridgehead atoms. The van der Waals surface area contributed by atoms with Gasteiger partial charge >= 0.3 is 11.9 Å². The molecule has 0 aliphatic heterocycles. The van der Waals surface area contributed by atoms with Gasteiger partial charge in [0.2, 0.25) is 0 Å². The van der Waals surface area contributed by atoms with Gasteiger partial charge in [0, 0.05) is 7.05 Å². The summed E-state index contributed by atoms with van der Waals surface area (Å²) in [5, 5.41) is 8.90. The molecule has 0 aliphatic rings. The molecule has 0 amide bonds. The zero-order valence-corrected chi connectivity index (χ0v) is 20.9. The lowest BCUT2D eigenvalue weighted by atomic mass is 10.1. The number of rotatable bonds is 10. The van der Waals surface area contributed by atoms with Crippen molar-refractivity contribution in [1.82, 2.24) is 18.7 Å². The van der Waals surface area contributed by atoms with Gasteiger partial charge in [-0.05, 0) is 30.2 Å². The number of hydrogen-bond donors (Lipinski definition) is 1. The van der Waals surface area contributed by atoms with Crippen LogP contribution < -0.4 is 16.0 Å². The monoisotopic (exact) mass is 532 g/mol. The van der Waals surface area contributed by atoms with Gasteiger partial charge in [0.25, 0.3) is 11.6 Å². The Morgan fingerprint density at radius 2 is 1.74 bits per heavy atom. The Kier molecular flexibility index (Phi) is 8.02. The number of aliphatic hydroxyl groups is 1. The predicted molar refractivity (Wildman–Crippen MR) is 133 cm³/mol. The molecule has 1 N–H and O–H groups in total. The van der Waals surface area contributed by atoms with Crippen LogP contribution in [0.5, 0.6) is 6.01 Å². The third-order valence-electron chi connectivity index (χ3n) is 5.98. The highest BCUT2D eigenvalue weighted by atomic mass is 19.4. The number of aromatic nitrogens is 4. The number of aliphatic hydroxyl groups excluding tert-OH is 1. The van der Waals surface area contributed by atoms with Crippen LogP contribution in [-0.4, -0.2) is 43.6 Å². The van der Waals surface area contributed by atoms with Crippen LogP contribution in [0, 0.1) is 6.92 Å². The van der Waals surface area contributed by atoms with Crippen LogP contribution in [0.4, 0.5) is 13.2 Å². The number of ether oxygens (including phenoxy) is 2. The second-order valence-corrected chi connectivity index (χ2v) is 8.76. The molecule has 0 atom stereocenters. The van der Waals surface area contributed by atoms with Crippen LogP contribution in [0.2, 0.25) is 0 Å². The molecule has 202 valence electrons. The largest absolute Gasteiger partial charge is 0.460 e. The van der Waals surface area contributed by atoms with Gasteiger partial charge in [-0.2, -0.15) is 18.2 Å². The number of alkyl halides is 3. The second kappa shape index (κ2) is 11.2. The smallest absolute Gasteiger partial charge is 0.416 e. The molecule has 4 aromatic rings. The van der Waals surface area contributed by atoms with E-state index in [1.54, 1.807) is 0 Å². The van der Waals surface area contributed by atoms with Crippen molar-refractivity contribution in [2.75, 3.05) is 19.8 Å². The number of imidazole rings is 1. The van der Waals surface area contributed by atoms with E-state index in [9.17, 15) is 22.8 Å². The summed E-state index contributed by atoms with van der Waals surface area (Å²) in [6.45, 7) is 1.73. The first-order valence-electron chi connectivity index (χ1n) is 11.8. The fourth-order valence-electron chi connectivity index (χ4n) is 3.99. The molecule has 4 rings (SSSR count). The second-order valence-electron chi connectivity index (χ2n) is 8.76. The Hall–Kier alpha value is -3.90. The van der Waals surface area contributed by atoms with Crippen LogP contribution in [0.25, 0.3) is 11.2 Å². The lowest BCUT2D eigenvalue weighted by Gasteiger charge is -2.12. The Bertz CT molecular complexity index is 1540. The summed E-state index contributed by atoms with van der Waals surface area (Å²) < 4.78 is 54.3. The predicted octanol–water partition coefficient (Wildman–Crippen LogP) is 2.86. The molecule has 9 nitrogen and oxygen atoms in total. The van der Waals surface area contributed by atoms with Gasteiger partial charge in [0.15, 0.2) is 11.2 Å². The molecule has 0 unspecified atom stereocenters. The number of aryl methyl sites for hydroxylation is 2. The van der Waals surface area contributed by atoms with Crippen molar-refractivity contribution < 1.29 is 27.8 Å². The highest BCUT2D eigenvalue weighted by Gasteiger charge is 2.30. The molecule has 0 spiro atoms. The fourth-order valence-corrected chi connectivity index (χ4v) is 3.99. The molecule has 0 aliphatic carbocycles. The fraction of sp³-hybridized carbons (Fsp3) is 0.346. The van der Waals surface area contributed by atoms with Crippen molar-refractivity contribution >= 4 is 11.2 Å². The van der Waals surface area contributed by atoms with E-state index in [0.29, 0.717) is 0 Å². The average molecular weight is 533 g/mol. The van der Waals surface area contributed by atoms with E-state index in [1.807, 2.05) is 31.2 Å². The van der Waals surface area contributed by atoms with E-state index >= 15 is 0 Å². The van der Waals surface area contributed by atoms with Gasteiger partial charge in [-0.25, -0.2) is 4.79 Å². The van der Waals surface area contributed by atoms with Gasteiger partial charge in [0.1, 0.15) is 6.61 Å². The van der Waals surface area contributed by atoms with E-state index in [0.717, 1.165) is 27.8 Å². The maximum atomic E-state index is 13.5. The van der Waals surface area contributed by atoms with Gasteiger partial charge in [-0.1, -0.05) is 42.0 Å². The highest BCUT2D eigenvalue weighted by Crippen LogP contribution is 2.30. The molecule has 0 saturated carbocycles. The lowest BCUT2D eigenvalue weighted by Crippen LogP contribution is -2.40. The first kappa shape index (κ1) is 27.1. The van der Waals surface area contributed by atoms with Crippen LogP contribution in [-0.2, 0) is 37.7 Å². The van der Waals surface area contributed by atoms with Crippen LogP contribution in [0.3, 0.4) is 0 Å². The van der Waals surface area contributed by atoms with Crippen LogP contribution >= 0.6 is 0 Å². The minimum Gasteiger partial charge on any atom is -0.460 e. The zero-order valence-electron chi connectivity index (χ0n) is 20.9. The molecular formula is C26H27F3N4O5. The summed E-state index contributed by atoms with van der Waals surface area (Å²) in [5.74, 6) is 0. The molecule has 0 radical (unpaired) electrons. The third kappa shape index (κ3) is 5.81. The van der Waals surface area contributed by atoms with E-state index in [4.69, 9.17) is 14.6 Å². The van der Waals surface area contributed by atoms with Crippen molar-refractivity contribution in [1.29, 1.82) is 0 Å². The lowest BCUT2D eigenvalue weighted by molar-refractivity contribution is -0.137. The van der Waals surface area contributed by atoms with Crippen molar-refractivity contribution in [3.63, 3.8) is 0 Å². The Morgan fingerprint density at radius 3 is 2.42 bits per heavy atom. The van der Waals surface area contributed by atoms with Gasteiger partial charge in [-0.3, -0.25) is 18.5 Å². The van der Waals surface area contributed by atoms with Gasteiger partial charge in [-0.15, -0.1) is 0 Å². The Labute approximate surface area is 215 Å². The van der Waals surface area contributed by atoms with E-state index in [2.05, 4.69) is 4.98 Å². The van der Waals surface area contributed by atoms with E-state index in [-0.39, 0.29) is 62.3 Å². The summed E-state index contributed by atoms with van der Waals surface area (Å²) in [5.41, 5.74) is 0.292. The SMILES string of the molecule is Cc1ccc(Cn2c(OCc3cccc(C(F)(F)F)c3)nc3c2c(=O)n(CCOCCO)c(=O)n3C)cc1. The molecule has 38 heavy (non-hydrogen) atoms. The van der Waals surface area contributed by atoms with E-state index in [1.165, 1.54) is 28.3 Å². The van der Waals surface area contributed by atoms with Gasteiger partial charge < -0.3 is 14.6 Å². The number of nitrogens with zero attached hydrogens (tertiary/aromatic N) is 4. The topological polar surface area (TPSA) is 101 Å². The number of fused-ring (bicyclic) bond motifs is 1. The molecule has 0 saturated heterocycles. The summed E-state index contributed by atoms with van der Waals surface area (Å²) in [4.78, 5) is 30.8. The molecular weight excluding hydrogens is 505 g/mol. The normalized spacial score (nSPS) is 11.8. The maximum Gasteiger partial charge on any atom is 0.416 e. The number of benzene rings is 2. The first-order chi connectivity index (χ1) is 18.1. The molecule has 12 heteroatoms. The van der Waals surface area contributed by atoms with Crippen molar-refractivity contribution in [2.45, 2.75) is 32.8 Å². The highest BCUT2D eigenvalue weighted by molar-refractivity contribution is 5.72. The first-order valence-corrected chi connectivity index (χ1v) is 11.8. The number of halogens is 3. The Balaban J connectivity index is 1.78. The summed E-state index contributed by atoms with van der Waals surface area (Å²) in [7, 11) is 1.47. The average Bonchev–Trinajstić information content (AvgIpc) is 3.25. The van der Waals surface area contributed by atoms with Crippen LogP contribution in [0.15, 0.2) is 58.1 Å². The van der Waals surface area contributed by atoms with Crippen molar-refractivity contribution in [3.05, 3.63) is 91.6 Å². The van der Waals surface area contributed by atoms with Crippen molar-refractivity contribution in [2.24, 2.45) is 7.05 Å². The standard InChI is InChI=1S/C26H27F3N4O5/c1-17-6-8-18(9-7-17)15-33-21-22(31(2)25(36)32(23(21)35)10-12-37-13-11-34)30-24(33)38-16-19-4-3-5-20(14-19)26(27,28)29/h3-9,14,34H,10-13,15-16H2,1-2H3. The number of hydrogen-bond acceptors (Lipinski definition) is 6. The summed E-state index contributed by atoms with van der Waals surface area (Å²) >= 11 is 0. The summed E-state index contributed by atoms with van der Waals surface area (Å²) in [6.07, 6.45) is -4.50. The minimum atomic E-state index is -4.50. The molecule has 0 fully saturated rings. The third-order valence-corrected chi connectivity index (χ3v) is 5.98. The molecule has 2 aromatic heterocycles. The minimum absolute atomic E-state index is 0.0145. The zero-order chi connectivity index (χ0) is 27.4. The molecule has 2 aromatic carbocycles.